The molecule has 0 aromatic heterocycles. The van der Waals surface area contributed by atoms with Crippen LogP contribution in [0.3, 0.4) is 0 Å². The second-order valence-electron chi connectivity index (χ2n) is 6.20. The molecule has 1 aliphatic rings. The van der Waals surface area contributed by atoms with Gasteiger partial charge in [-0.3, -0.25) is 14.5 Å². The lowest BCUT2D eigenvalue weighted by molar-refractivity contribution is -0.133. The van der Waals surface area contributed by atoms with Gasteiger partial charge in [-0.25, -0.2) is 9.18 Å². The third-order valence-corrected chi connectivity index (χ3v) is 4.39. The van der Waals surface area contributed by atoms with E-state index in [9.17, 15) is 18.8 Å². The molecule has 0 radical (unpaired) electrons. The molecule has 4 amide bonds. The van der Waals surface area contributed by atoms with Crippen LogP contribution in [0.25, 0.3) is 0 Å². The summed E-state index contributed by atoms with van der Waals surface area (Å²) in [4.78, 5) is 38.1. The number of nitrogens with zero attached hydrogens (tertiary/aromatic N) is 1. The maximum Gasteiger partial charge on any atom is 0.325 e. The molecule has 8 heteroatoms. The minimum Gasteiger partial charge on any atom is -0.497 e. The number of carbonyl (C=O) groups excluding carboxylic acids is 3. The SMILES string of the molecule is COc1ccc([C@@]2(C)NC(=O)N(CC(=O)Nc3ccccc3F)C2=O)cc1. The summed E-state index contributed by atoms with van der Waals surface area (Å²) >= 11 is 0. The molecule has 27 heavy (non-hydrogen) atoms. The van der Waals surface area contributed by atoms with E-state index in [0.717, 1.165) is 4.90 Å². The minimum absolute atomic E-state index is 0.0209. The summed E-state index contributed by atoms with van der Waals surface area (Å²) in [5.74, 6) is -1.24. The quantitative estimate of drug-likeness (QED) is 0.789. The Hall–Kier alpha value is -3.42. The highest BCUT2D eigenvalue weighted by Gasteiger charge is 2.49. The lowest BCUT2D eigenvalue weighted by atomic mass is 9.92. The van der Waals surface area contributed by atoms with Crippen molar-refractivity contribution in [1.82, 2.24) is 10.2 Å². The molecule has 3 rings (SSSR count). The van der Waals surface area contributed by atoms with E-state index in [1.165, 1.54) is 25.3 Å². The molecule has 0 unspecified atom stereocenters. The molecule has 2 aromatic rings. The van der Waals surface area contributed by atoms with Crippen LogP contribution >= 0.6 is 0 Å². The predicted molar refractivity (Wildman–Crippen MR) is 95.6 cm³/mol. The first-order valence-electron chi connectivity index (χ1n) is 8.18. The first-order chi connectivity index (χ1) is 12.8. The molecule has 1 aliphatic heterocycles. The van der Waals surface area contributed by atoms with E-state index in [1.54, 1.807) is 37.3 Å². The molecular weight excluding hydrogens is 353 g/mol. The summed E-state index contributed by atoms with van der Waals surface area (Å²) in [7, 11) is 1.52. The van der Waals surface area contributed by atoms with Crippen molar-refractivity contribution >= 4 is 23.5 Å². The van der Waals surface area contributed by atoms with E-state index < -0.39 is 35.7 Å². The van der Waals surface area contributed by atoms with Gasteiger partial charge in [-0.15, -0.1) is 0 Å². The number of methoxy groups -OCH3 is 1. The summed E-state index contributed by atoms with van der Waals surface area (Å²) in [6.45, 7) is 1.04. The summed E-state index contributed by atoms with van der Waals surface area (Å²) in [5, 5.41) is 4.96. The van der Waals surface area contributed by atoms with Gasteiger partial charge in [0.1, 0.15) is 23.7 Å². The zero-order valence-corrected chi connectivity index (χ0v) is 14.8. The zero-order valence-electron chi connectivity index (χ0n) is 14.8. The Kier molecular flexibility index (Phi) is 4.81. The van der Waals surface area contributed by atoms with Crippen molar-refractivity contribution < 1.29 is 23.5 Å². The third-order valence-electron chi connectivity index (χ3n) is 4.39. The number of carbonyl (C=O) groups is 3. The number of imide groups is 1. The summed E-state index contributed by atoms with van der Waals surface area (Å²) in [5.41, 5.74) is -0.770. The van der Waals surface area contributed by atoms with Crippen LogP contribution < -0.4 is 15.4 Å². The minimum atomic E-state index is -1.30. The number of hydrogen-bond donors (Lipinski definition) is 2. The number of halogens is 1. The molecule has 0 spiro atoms. The smallest absolute Gasteiger partial charge is 0.325 e. The molecule has 1 saturated heterocycles. The van der Waals surface area contributed by atoms with Crippen LogP contribution in [0.5, 0.6) is 5.75 Å². The fourth-order valence-electron chi connectivity index (χ4n) is 2.86. The number of para-hydroxylation sites is 1. The molecular formula is C19H18FN3O4. The molecule has 1 atom stereocenters. The lowest BCUT2D eigenvalue weighted by Gasteiger charge is -2.22. The van der Waals surface area contributed by atoms with Gasteiger partial charge in [0, 0.05) is 0 Å². The van der Waals surface area contributed by atoms with Gasteiger partial charge in [-0.2, -0.15) is 0 Å². The highest BCUT2D eigenvalue weighted by atomic mass is 19.1. The van der Waals surface area contributed by atoms with E-state index >= 15 is 0 Å². The largest absolute Gasteiger partial charge is 0.497 e. The summed E-state index contributed by atoms with van der Waals surface area (Å²) < 4.78 is 18.7. The number of amides is 4. The van der Waals surface area contributed by atoms with Gasteiger partial charge >= 0.3 is 6.03 Å². The van der Waals surface area contributed by atoms with Crippen molar-refractivity contribution in [3.8, 4) is 5.75 Å². The summed E-state index contributed by atoms with van der Waals surface area (Å²) in [6, 6.07) is 11.6. The average Bonchev–Trinajstić information content (AvgIpc) is 2.88. The van der Waals surface area contributed by atoms with Gasteiger partial charge in [0.25, 0.3) is 5.91 Å². The molecule has 0 saturated carbocycles. The summed E-state index contributed by atoms with van der Waals surface area (Å²) in [6.07, 6.45) is 0. The number of rotatable bonds is 5. The number of ether oxygens (including phenoxy) is 1. The topological polar surface area (TPSA) is 87.7 Å². The first-order valence-corrected chi connectivity index (χ1v) is 8.18. The highest BCUT2D eigenvalue weighted by Crippen LogP contribution is 2.30. The Morgan fingerprint density at radius 2 is 1.85 bits per heavy atom. The van der Waals surface area contributed by atoms with Crippen molar-refractivity contribution in [2.75, 3.05) is 19.0 Å². The Morgan fingerprint density at radius 3 is 2.48 bits per heavy atom. The average molecular weight is 371 g/mol. The first kappa shape index (κ1) is 18.4. The lowest BCUT2D eigenvalue weighted by Crippen LogP contribution is -2.42. The monoisotopic (exact) mass is 371 g/mol. The number of benzene rings is 2. The van der Waals surface area contributed by atoms with Gasteiger partial charge in [0.15, 0.2) is 0 Å². The maximum absolute atomic E-state index is 13.6. The Bertz CT molecular complexity index is 900. The van der Waals surface area contributed by atoms with E-state index in [0.29, 0.717) is 11.3 Å². The van der Waals surface area contributed by atoms with Crippen LogP contribution in [0.1, 0.15) is 12.5 Å². The van der Waals surface area contributed by atoms with Crippen molar-refractivity contribution in [2.45, 2.75) is 12.5 Å². The molecule has 2 N–H and O–H groups in total. The predicted octanol–water partition coefficient (Wildman–Crippen LogP) is 2.24. The van der Waals surface area contributed by atoms with Gasteiger partial charge in [0.2, 0.25) is 5.91 Å². The van der Waals surface area contributed by atoms with Crippen LogP contribution in [0.4, 0.5) is 14.9 Å². The number of anilines is 1. The van der Waals surface area contributed by atoms with Crippen LogP contribution in [0, 0.1) is 5.82 Å². The number of urea groups is 1. The third kappa shape index (κ3) is 3.46. The number of hydrogen-bond acceptors (Lipinski definition) is 4. The van der Waals surface area contributed by atoms with E-state index in [-0.39, 0.29) is 5.69 Å². The van der Waals surface area contributed by atoms with Gasteiger partial charge in [-0.1, -0.05) is 24.3 Å². The fourth-order valence-corrected chi connectivity index (χ4v) is 2.86. The molecule has 0 aliphatic carbocycles. The Morgan fingerprint density at radius 1 is 1.19 bits per heavy atom. The van der Waals surface area contributed by atoms with E-state index in [1.807, 2.05) is 0 Å². The zero-order chi connectivity index (χ0) is 19.6. The Balaban J connectivity index is 1.75. The molecule has 1 heterocycles. The normalized spacial score (nSPS) is 19.0. The molecule has 7 nitrogen and oxygen atoms in total. The Labute approximate surface area is 155 Å². The van der Waals surface area contributed by atoms with Crippen LogP contribution in [0.2, 0.25) is 0 Å². The fraction of sp³-hybridized carbons (Fsp3) is 0.211. The maximum atomic E-state index is 13.6. The highest BCUT2D eigenvalue weighted by molar-refractivity contribution is 6.10. The van der Waals surface area contributed by atoms with Gasteiger partial charge in [-0.05, 0) is 36.8 Å². The molecule has 0 bridgehead atoms. The van der Waals surface area contributed by atoms with Crippen molar-refractivity contribution in [2.24, 2.45) is 0 Å². The van der Waals surface area contributed by atoms with E-state index in [4.69, 9.17) is 4.74 Å². The number of nitrogens with one attached hydrogen (secondary N) is 2. The van der Waals surface area contributed by atoms with Crippen molar-refractivity contribution in [3.63, 3.8) is 0 Å². The van der Waals surface area contributed by atoms with Gasteiger partial charge in [0.05, 0.1) is 12.8 Å². The molecule has 2 aromatic carbocycles. The van der Waals surface area contributed by atoms with Crippen molar-refractivity contribution in [3.05, 3.63) is 59.9 Å². The second kappa shape index (κ2) is 7.06. The standard InChI is InChI=1S/C19H18FN3O4/c1-19(12-7-9-13(27-2)10-8-12)17(25)23(18(26)22-19)11-16(24)21-15-6-4-3-5-14(15)20/h3-10H,11H2,1-2H3,(H,21,24)(H,22,26)/t19-/m1/s1. The molecule has 140 valence electrons. The van der Waals surface area contributed by atoms with Crippen molar-refractivity contribution in [1.29, 1.82) is 0 Å². The van der Waals surface area contributed by atoms with Gasteiger partial charge < -0.3 is 15.4 Å². The van der Waals surface area contributed by atoms with Crippen LogP contribution in [-0.4, -0.2) is 36.4 Å². The van der Waals surface area contributed by atoms with Crippen LogP contribution in [0.15, 0.2) is 48.5 Å². The molecule has 1 fully saturated rings. The van der Waals surface area contributed by atoms with E-state index in [2.05, 4.69) is 10.6 Å². The second-order valence-corrected chi connectivity index (χ2v) is 6.20. The van der Waals surface area contributed by atoms with Crippen LogP contribution in [-0.2, 0) is 15.1 Å².